The summed E-state index contributed by atoms with van der Waals surface area (Å²) in [7, 11) is 0. The van der Waals surface area contributed by atoms with E-state index in [0.29, 0.717) is 5.92 Å². The van der Waals surface area contributed by atoms with Crippen molar-refractivity contribution in [2.45, 2.75) is 51.4 Å². The Morgan fingerprint density at radius 2 is 1.57 bits per heavy atom. The molecule has 1 aromatic carbocycles. The fraction of sp³-hybridized carbons (Fsp3) is 0.579. The van der Waals surface area contributed by atoms with Crippen LogP contribution in [-0.4, -0.2) is 0 Å². The van der Waals surface area contributed by atoms with Crippen LogP contribution >= 0.6 is 0 Å². The Labute approximate surface area is 126 Å². The normalized spacial score (nSPS) is 33.1. The van der Waals surface area contributed by atoms with Crippen LogP contribution in [-0.2, 0) is 0 Å². The number of benzene rings is 1. The predicted molar refractivity (Wildman–Crippen MR) is 82.1 cm³/mol. The molecule has 2 fully saturated rings. The van der Waals surface area contributed by atoms with Gasteiger partial charge in [0.25, 0.3) is 0 Å². The summed E-state index contributed by atoms with van der Waals surface area (Å²) in [5.41, 5.74) is 0.863. The average molecular weight is 290 g/mol. The summed E-state index contributed by atoms with van der Waals surface area (Å²) in [5, 5.41) is 0. The highest BCUT2D eigenvalue weighted by Crippen LogP contribution is 2.47. The monoisotopic (exact) mass is 290 g/mol. The van der Waals surface area contributed by atoms with Crippen molar-refractivity contribution in [3.63, 3.8) is 0 Å². The third kappa shape index (κ3) is 3.36. The third-order valence-electron chi connectivity index (χ3n) is 5.47. The van der Waals surface area contributed by atoms with Gasteiger partial charge in [-0.05, 0) is 86.8 Å². The SMILES string of the molecule is CC=C[C@@H]1CC[C@@H]2CC(c3cc(F)cc(F)c3)CC[C@@H]2C1. The summed E-state index contributed by atoms with van der Waals surface area (Å²) in [6.07, 6.45) is 11.8. The van der Waals surface area contributed by atoms with E-state index in [9.17, 15) is 8.78 Å². The molecular weight excluding hydrogens is 266 g/mol. The first-order valence-electron chi connectivity index (χ1n) is 8.24. The van der Waals surface area contributed by atoms with Gasteiger partial charge in [0.05, 0.1) is 0 Å². The minimum absolute atomic E-state index is 0.342. The maximum Gasteiger partial charge on any atom is 0.126 e. The van der Waals surface area contributed by atoms with Crippen LogP contribution in [0.2, 0.25) is 0 Å². The molecule has 21 heavy (non-hydrogen) atoms. The fourth-order valence-electron chi connectivity index (χ4n) is 4.49. The maximum absolute atomic E-state index is 13.4. The minimum atomic E-state index is -0.441. The lowest BCUT2D eigenvalue weighted by Gasteiger charge is -2.41. The van der Waals surface area contributed by atoms with E-state index in [4.69, 9.17) is 0 Å². The van der Waals surface area contributed by atoms with Gasteiger partial charge in [-0.1, -0.05) is 12.2 Å². The van der Waals surface area contributed by atoms with Crippen LogP contribution in [0.25, 0.3) is 0 Å². The van der Waals surface area contributed by atoms with Crippen LogP contribution in [0.15, 0.2) is 30.4 Å². The van der Waals surface area contributed by atoms with Gasteiger partial charge in [-0.2, -0.15) is 0 Å². The molecule has 0 saturated heterocycles. The first-order valence-corrected chi connectivity index (χ1v) is 8.24. The molecule has 2 heteroatoms. The number of rotatable bonds is 2. The van der Waals surface area contributed by atoms with Crippen LogP contribution in [0.4, 0.5) is 8.78 Å². The van der Waals surface area contributed by atoms with Crippen molar-refractivity contribution in [3.05, 3.63) is 47.5 Å². The first kappa shape index (κ1) is 14.7. The third-order valence-corrected chi connectivity index (χ3v) is 5.47. The van der Waals surface area contributed by atoms with Crippen molar-refractivity contribution >= 4 is 0 Å². The Balaban J connectivity index is 1.68. The van der Waals surface area contributed by atoms with Crippen LogP contribution in [0.1, 0.15) is 56.9 Å². The standard InChI is InChI=1S/C19H24F2/c1-2-3-13-4-5-15-9-16(7-6-14(15)8-13)17-10-18(20)12-19(21)11-17/h2-3,10-16H,4-9H2,1H3/t13-,14-,15-,16?/m1/s1. The van der Waals surface area contributed by atoms with Crippen molar-refractivity contribution in [3.8, 4) is 0 Å². The summed E-state index contributed by atoms with van der Waals surface area (Å²) in [4.78, 5) is 0. The summed E-state index contributed by atoms with van der Waals surface area (Å²) in [6, 6.07) is 4.02. The summed E-state index contributed by atoms with van der Waals surface area (Å²) in [5.74, 6) is 1.77. The van der Waals surface area contributed by atoms with Crippen LogP contribution in [0.3, 0.4) is 0 Å². The molecule has 3 rings (SSSR count). The molecule has 0 aliphatic heterocycles. The van der Waals surface area contributed by atoms with Gasteiger partial charge in [0, 0.05) is 6.07 Å². The van der Waals surface area contributed by atoms with E-state index in [1.54, 1.807) is 0 Å². The molecule has 2 saturated carbocycles. The number of hydrogen-bond donors (Lipinski definition) is 0. The number of fused-ring (bicyclic) bond motifs is 1. The van der Waals surface area contributed by atoms with Crippen molar-refractivity contribution in [2.24, 2.45) is 17.8 Å². The molecule has 0 nitrogen and oxygen atoms in total. The van der Waals surface area contributed by atoms with Gasteiger partial charge in [0.15, 0.2) is 0 Å². The molecule has 0 spiro atoms. The van der Waals surface area contributed by atoms with Gasteiger partial charge < -0.3 is 0 Å². The van der Waals surface area contributed by atoms with E-state index >= 15 is 0 Å². The minimum Gasteiger partial charge on any atom is -0.207 e. The van der Waals surface area contributed by atoms with Crippen molar-refractivity contribution in [1.29, 1.82) is 0 Å². The van der Waals surface area contributed by atoms with Crippen molar-refractivity contribution in [2.75, 3.05) is 0 Å². The zero-order chi connectivity index (χ0) is 14.8. The van der Waals surface area contributed by atoms with Gasteiger partial charge in [-0.15, -0.1) is 0 Å². The van der Waals surface area contributed by atoms with Crippen molar-refractivity contribution in [1.82, 2.24) is 0 Å². The first-order chi connectivity index (χ1) is 10.2. The van der Waals surface area contributed by atoms with Gasteiger partial charge in [0.2, 0.25) is 0 Å². The molecule has 0 N–H and O–H groups in total. The Morgan fingerprint density at radius 3 is 2.29 bits per heavy atom. The van der Waals surface area contributed by atoms with Crippen LogP contribution in [0.5, 0.6) is 0 Å². The molecule has 0 radical (unpaired) electrons. The van der Waals surface area contributed by atoms with Gasteiger partial charge in [0.1, 0.15) is 11.6 Å². The van der Waals surface area contributed by atoms with Gasteiger partial charge >= 0.3 is 0 Å². The molecule has 4 atom stereocenters. The molecule has 114 valence electrons. The Hall–Kier alpha value is -1.18. The largest absolute Gasteiger partial charge is 0.207 e. The zero-order valence-electron chi connectivity index (χ0n) is 12.7. The second-order valence-corrected chi connectivity index (χ2v) is 6.83. The molecule has 0 heterocycles. The van der Waals surface area contributed by atoms with Gasteiger partial charge in [-0.3, -0.25) is 0 Å². The topological polar surface area (TPSA) is 0 Å². The number of halogens is 2. The zero-order valence-corrected chi connectivity index (χ0v) is 12.7. The number of hydrogen-bond acceptors (Lipinski definition) is 0. The highest BCUT2D eigenvalue weighted by Gasteiger charge is 2.35. The highest BCUT2D eigenvalue weighted by molar-refractivity contribution is 5.22. The predicted octanol–water partition coefficient (Wildman–Crippen LogP) is 5.84. The second-order valence-electron chi connectivity index (χ2n) is 6.83. The molecule has 0 bridgehead atoms. The summed E-state index contributed by atoms with van der Waals surface area (Å²) in [6.45, 7) is 2.10. The van der Waals surface area contributed by atoms with Crippen LogP contribution in [0, 0.1) is 29.4 Å². The van der Waals surface area contributed by atoms with E-state index in [-0.39, 0.29) is 0 Å². The quantitative estimate of drug-likeness (QED) is 0.600. The average Bonchev–Trinajstić information content (AvgIpc) is 2.46. The lowest BCUT2D eigenvalue weighted by molar-refractivity contribution is 0.133. The van der Waals surface area contributed by atoms with E-state index in [0.717, 1.165) is 42.2 Å². The molecule has 1 aromatic rings. The van der Waals surface area contributed by atoms with E-state index in [1.807, 2.05) is 0 Å². The molecular formula is C19H24F2. The van der Waals surface area contributed by atoms with Crippen molar-refractivity contribution < 1.29 is 8.78 Å². The van der Waals surface area contributed by atoms with E-state index in [1.165, 1.54) is 37.8 Å². The van der Waals surface area contributed by atoms with E-state index in [2.05, 4.69) is 19.1 Å². The lowest BCUT2D eigenvalue weighted by atomic mass is 9.64. The summed E-state index contributed by atoms with van der Waals surface area (Å²) < 4.78 is 26.8. The molecule has 2 aliphatic rings. The Bertz CT molecular complexity index is 500. The Kier molecular flexibility index (Phi) is 4.42. The van der Waals surface area contributed by atoms with Gasteiger partial charge in [-0.25, -0.2) is 8.78 Å². The lowest BCUT2D eigenvalue weighted by Crippen LogP contribution is -2.30. The highest BCUT2D eigenvalue weighted by atomic mass is 19.1. The molecule has 0 aromatic heterocycles. The fourth-order valence-corrected chi connectivity index (χ4v) is 4.49. The molecule has 2 aliphatic carbocycles. The van der Waals surface area contributed by atoms with Crippen LogP contribution < -0.4 is 0 Å². The Morgan fingerprint density at radius 1 is 0.905 bits per heavy atom. The maximum atomic E-state index is 13.4. The summed E-state index contributed by atoms with van der Waals surface area (Å²) >= 11 is 0. The molecule has 0 amide bonds. The number of allylic oxidation sites excluding steroid dienone is 2. The van der Waals surface area contributed by atoms with E-state index < -0.39 is 11.6 Å². The molecule has 1 unspecified atom stereocenters. The second kappa shape index (κ2) is 6.29. The smallest absolute Gasteiger partial charge is 0.126 e.